The number of carbonyl (C=O) groups is 2. The number of nitrogens with zero attached hydrogens (tertiary/aromatic N) is 2. The van der Waals surface area contributed by atoms with Crippen LogP contribution in [0.2, 0.25) is 0 Å². The van der Waals surface area contributed by atoms with Crippen molar-refractivity contribution in [3.05, 3.63) is 95.6 Å². The molecule has 0 aliphatic carbocycles. The summed E-state index contributed by atoms with van der Waals surface area (Å²) in [5, 5.41) is 2.95. The van der Waals surface area contributed by atoms with Gasteiger partial charge in [-0.25, -0.2) is 8.42 Å². The molecule has 2 amide bonds. The van der Waals surface area contributed by atoms with Crippen LogP contribution in [0.5, 0.6) is 0 Å². The van der Waals surface area contributed by atoms with Crippen molar-refractivity contribution in [3.63, 3.8) is 0 Å². The molecule has 0 aliphatic rings. The molecule has 0 aliphatic heterocycles. The number of hydrogen-bond donors (Lipinski definition) is 1. The normalized spacial score (nSPS) is 12.0. The molecule has 1 N–H and O–H groups in total. The number of aryl methyl sites for hydroxylation is 2. The molecule has 0 saturated carbocycles. The summed E-state index contributed by atoms with van der Waals surface area (Å²) in [5.74, 6) is -0.682. The van der Waals surface area contributed by atoms with E-state index >= 15 is 0 Å². The summed E-state index contributed by atoms with van der Waals surface area (Å²) in [5.41, 5.74) is 3.40. The van der Waals surface area contributed by atoms with Crippen LogP contribution >= 0.6 is 0 Å². The quantitative estimate of drug-likeness (QED) is 0.263. The summed E-state index contributed by atoms with van der Waals surface area (Å²) in [6.45, 7) is 8.19. The van der Waals surface area contributed by atoms with Crippen LogP contribution in [0.4, 0.5) is 5.69 Å². The number of nitrogens with one attached hydrogen (secondary N) is 1. The molecular weight excluding hydrogens is 522 g/mol. The molecule has 0 spiro atoms. The second-order valence-electron chi connectivity index (χ2n) is 9.92. The summed E-state index contributed by atoms with van der Waals surface area (Å²) >= 11 is 0. The largest absolute Gasteiger partial charge is 0.354 e. The fourth-order valence-electron chi connectivity index (χ4n) is 4.46. The van der Waals surface area contributed by atoms with Gasteiger partial charge in [0.05, 0.1) is 10.6 Å². The van der Waals surface area contributed by atoms with Gasteiger partial charge in [-0.15, -0.1) is 0 Å². The van der Waals surface area contributed by atoms with Gasteiger partial charge in [-0.05, 0) is 61.6 Å². The van der Waals surface area contributed by atoms with Crippen LogP contribution in [0.25, 0.3) is 0 Å². The van der Waals surface area contributed by atoms with E-state index in [-0.39, 0.29) is 17.3 Å². The number of anilines is 1. The van der Waals surface area contributed by atoms with E-state index in [1.54, 1.807) is 30.3 Å². The van der Waals surface area contributed by atoms with E-state index in [2.05, 4.69) is 5.32 Å². The number of amides is 2. The minimum absolute atomic E-state index is 0.0943. The van der Waals surface area contributed by atoms with E-state index < -0.39 is 28.5 Å². The minimum Gasteiger partial charge on any atom is -0.354 e. The van der Waals surface area contributed by atoms with Crippen molar-refractivity contribution in [2.24, 2.45) is 0 Å². The lowest BCUT2D eigenvalue weighted by Gasteiger charge is -2.33. The van der Waals surface area contributed by atoms with Gasteiger partial charge in [-0.2, -0.15) is 0 Å². The van der Waals surface area contributed by atoms with Crippen molar-refractivity contribution in [3.8, 4) is 0 Å². The lowest BCUT2D eigenvalue weighted by Crippen LogP contribution is -2.52. The molecular formula is C32H41N3O4S. The Bertz CT molecular complexity index is 1340. The van der Waals surface area contributed by atoms with Gasteiger partial charge in [-0.3, -0.25) is 13.9 Å². The summed E-state index contributed by atoms with van der Waals surface area (Å²) < 4.78 is 28.9. The molecule has 0 saturated heterocycles. The molecule has 7 nitrogen and oxygen atoms in total. The number of hydrogen-bond acceptors (Lipinski definition) is 4. The van der Waals surface area contributed by atoms with Crippen molar-refractivity contribution >= 4 is 27.5 Å². The molecule has 214 valence electrons. The molecule has 0 bridgehead atoms. The Morgan fingerprint density at radius 1 is 0.850 bits per heavy atom. The third-order valence-electron chi connectivity index (χ3n) is 6.93. The first-order valence-electron chi connectivity index (χ1n) is 14.0. The van der Waals surface area contributed by atoms with Crippen molar-refractivity contribution in [2.45, 2.75) is 70.9 Å². The van der Waals surface area contributed by atoms with Crippen LogP contribution in [0.1, 0.15) is 56.7 Å². The van der Waals surface area contributed by atoms with Gasteiger partial charge in [0.15, 0.2) is 0 Å². The highest BCUT2D eigenvalue weighted by atomic mass is 32.2. The Morgan fingerprint density at radius 2 is 1.48 bits per heavy atom. The van der Waals surface area contributed by atoms with Crippen molar-refractivity contribution in [1.29, 1.82) is 0 Å². The van der Waals surface area contributed by atoms with Gasteiger partial charge >= 0.3 is 0 Å². The summed E-state index contributed by atoms with van der Waals surface area (Å²) in [6, 6.07) is 22.3. The second kappa shape index (κ2) is 14.7. The second-order valence-corrected chi connectivity index (χ2v) is 11.8. The van der Waals surface area contributed by atoms with Crippen molar-refractivity contribution in [2.75, 3.05) is 17.4 Å². The third-order valence-corrected chi connectivity index (χ3v) is 8.72. The van der Waals surface area contributed by atoms with E-state index in [0.29, 0.717) is 18.7 Å². The number of carbonyl (C=O) groups excluding carboxylic acids is 2. The van der Waals surface area contributed by atoms with Crippen molar-refractivity contribution in [1.82, 2.24) is 10.2 Å². The monoisotopic (exact) mass is 563 g/mol. The number of benzene rings is 3. The predicted molar refractivity (Wildman–Crippen MR) is 161 cm³/mol. The van der Waals surface area contributed by atoms with E-state index in [9.17, 15) is 18.0 Å². The Balaban J connectivity index is 2.02. The maximum atomic E-state index is 14.1. The van der Waals surface area contributed by atoms with Crippen LogP contribution < -0.4 is 9.62 Å². The third kappa shape index (κ3) is 7.94. The topological polar surface area (TPSA) is 86.8 Å². The molecule has 40 heavy (non-hydrogen) atoms. The number of sulfonamides is 1. The fourth-order valence-corrected chi connectivity index (χ4v) is 5.90. The van der Waals surface area contributed by atoms with Crippen LogP contribution in [0.3, 0.4) is 0 Å². The predicted octanol–water partition coefficient (Wildman–Crippen LogP) is 5.48. The average Bonchev–Trinajstić information content (AvgIpc) is 2.97. The van der Waals surface area contributed by atoms with Crippen LogP contribution in [-0.4, -0.2) is 44.3 Å². The Hall–Kier alpha value is -3.65. The molecule has 3 rings (SSSR count). The van der Waals surface area contributed by atoms with E-state index in [0.717, 1.165) is 40.3 Å². The summed E-state index contributed by atoms with van der Waals surface area (Å²) in [6.07, 6.45) is 2.98. The van der Waals surface area contributed by atoms with Gasteiger partial charge < -0.3 is 10.2 Å². The smallest absolute Gasteiger partial charge is 0.264 e. The standard InChI is InChI=1S/C32H41N3O4S/c1-5-8-22-33-32(37)30(7-3)34(23-27-16-14-25(4)15-17-27)31(36)24-35(28-20-18-26(6-2)19-21-28)40(38,39)29-12-10-9-11-13-29/h9-21,30H,5-8,22-24H2,1-4H3,(H,33,37)/t30-/m1/s1. The lowest BCUT2D eigenvalue weighted by atomic mass is 10.1. The molecule has 3 aromatic rings. The summed E-state index contributed by atoms with van der Waals surface area (Å²) in [7, 11) is -4.07. The number of rotatable bonds is 14. The molecule has 0 unspecified atom stereocenters. The zero-order valence-corrected chi connectivity index (χ0v) is 24.8. The Labute approximate surface area is 239 Å². The first-order valence-corrected chi connectivity index (χ1v) is 15.4. The minimum atomic E-state index is -4.07. The lowest BCUT2D eigenvalue weighted by molar-refractivity contribution is -0.140. The molecule has 8 heteroatoms. The van der Waals surface area contributed by atoms with E-state index in [4.69, 9.17) is 0 Å². The zero-order valence-electron chi connectivity index (χ0n) is 24.0. The van der Waals surface area contributed by atoms with Crippen LogP contribution in [0.15, 0.2) is 83.8 Å². The molecule has 0 heterocycles. The van der Waals surface area contributed by atoms with Gasteiger partial charge in [0.2, 0.25) is 11.8 Å². The number of unbranched alkanes of at least 4 members (excludes halogenated alkanes) is 1. The van der Waals surface area contributed by atoms with Crippen LogP contribution in [0, 0.1) is 6.92 Å². The van der Waals surface area contributed by atoms with Gasteiger partial charge in [0.1, 0.15) is 12.6 Å². The highest BCUT2D eigenvalue weighted by Crippen LogP contribution is 2.25. The SMILES string of the molecule is CCCCNC(=O)[C@@H](CC)N(Cc1ccc(C)cc1)C(=O)CN(c1ccc(CC)cc1)S(=O)(=O)c1ccccc1. The first kappa shape index (κ1) is 30.9. The summed E-state index contributed by atoms with van der Waals surface area (Å²) in [4.78, 5) is 28.9. The maximum Gasteiger partial charge on any atom is 0.264 e. The molecule has 0 radical (unpaired) electrons. The van der Waals surface area contributed by atoms with Crippen molar-refractivity contribution < 1.29 is 18.0 Å². The van der Waals surface area contributed by atoms with E-state index in [1.165, 1.54) is 17.0 Å². The van der Waals surface area contributed by atoms with Crippen LogP contribution in [-0.2, 0) is 32.6 Å². The highest BCUT2D eigenvalue weighted by molar-refractivity contribution is 7.92. The Kier molecular flexibility index (Phi) is 11.3. The highest BCUT2D eigenvalue weighted by Gasteiger charge is 2.33. The average molecular weight is 564 g/mol. The zero-order chi connectivity index (χ0) is 29.1. The fraction of sp³-hybridized carbons (Fsp3) is 0.375. The van der Waals surface area contributed by atoms with E-state index in [1.807, 2.05) is 64.1 Å². The molecule has 0 fully saturated rings. The Morgan fingerprint density at radius 3 is 2.05 bits per heavy atom. The maximum absolute atomic E-state index is 14.1. The van der Waals surface area contributed by atoms with Gasteiger partial charge in [0.25, 0.3) is 10.0 Å². The van der Waals surface area contributed by atoms with Gasteiger partial charge in [-0.1, -0.05) is 87.4 Å². The first-order chi connectivity index (χ1) is 19.2. The molecule has 3 aromatic carbocycles. The molecule has 1 atom stereocenters. The molecule has 0 aromatic heterocycles. The van der Waals surface area contributed by atoms with Gasteiger partial charge in [0, 0.05) is 13.1 Å².